The van der Waals surface area contributed by atoms with E-state index in [2.05, 4.69) is 17.6 Å². The molecule has 3 atom stereocenters. The van der Waals surface area contributed by atoms with Gasteiger partial charge in [-0.25, -0.2) is 14.0 Å². The average Bonchev–Trinajstić information content (AvgIpc) is 3.77. The molecular formula is C40H58FN3O8. The van der Waals surface area contributed by atoms with Crippen LogP contribution in [-0.4, -0.2) is 79.5 Å². The number of hydrogen-bond donors (Lipinski definition) is 2. The van der Waals surface area contributed by atoms with Crippen LogP contribution in [0.2, 0.25) is 0 Å². The Bertz CT molecular complexity index is 1520. The number of carbonyl (C=O) groups is 4. The van der Waals surface area contributed by atoms with Gasteiger partial charge in [0.05, 0.1) is 18.8 Å². The summed E-state index contributed by atoms with van der Waals surface area (Å²) in [7, 11) is 1.74. The topological polar surface area (TPSA) is 136 Å². The van der Waals surface area contributed by atoms with Gasteiger partial charge in [-0.3, -0.25) is 9.59 Å². The summed E-state index contributed by atoms with van der Waals surface area (Å²) in [5, 5.41) is 6.45. The molecule has 1 aromatic heterocycles. The molecule has 2 aromatic rings. The second-order valence-electron chi connectivity index (χ2n) is 15.9. The first-order chi connectivity index (χ1) is 24.9. The fraction of sp³-hybridized carbons (Fsp3) is 0.700. The van der Waals surface area contributed by atoms with Gasteiger partial charge in [0.1, 0.15) is 23.9 Å². The minimum absolute atomic E-state index is 0.0128. The summed E-state index contributed by atoms with van der Waals surface area (Å²) in [5.41, 5.74) is 0.376. The van der Waals surface area contributed by atoms with Gasteiger partial charge in [-0.15, -0.1) is 0 Å². The number of rotatable bonds is 13. The number of fused-ring (bicyclic) bond motifs is 1. The highest BCUT2D eigenvalue weighted by Crippen LogP contribution is 2.42. The van der Waals surface area contributed by atoms with Crippen molar-refractivity contribution in [2.24, 2.45) is 23.7 Å². The lowest BCUT2D eigenvalue weighted by atomic mass is 9.75. The van der Waals surface area contributed by atoms with Crippen molar-refractivity contribution in [1.29, 1.82) is 0 Å². The highest BCUT2D eigenvalue weighted by Gasteiger charge is 2.47. The van der Waals surface area contributed by atoms with Gasteiger partial charge in [-0.2, -0.15) is 0 Å². The number of alkyl halides is 1. The van der Waals surface area contributed by atoms with Crippen LogP contribution in [0.25, 0.3) is 11.0 Å². The van der Waals surface area contributed by atoms with Crippen molar-refractivity contribution in [3.63, 3.8) is 0 Å². The largest absolute Gasteiger partial charge is 0.460 e. The highest BCUT2D eigenvalue weighted by molar-refractivity contribution is 6.00. The number of esters is 1. The Morgan fingerprint density at radius 1 is 0.981 bits per heavy atom. The molecular weight excluding hydrogens is 669 g/mol. The fourth-order valence-corrected chi connectivity index (χ4v) is 8.42. The molecule has 3 fully saturated rings. The molecule has 0 bridgehead atoms. The molecule has 3 aliphatic rings. The molecule has 2 saturated carbocycles. The van der Waals surface area contributed by atoms with Crippen molar-refractivity contribution in [2.75, 3.05) is 32.3 Å². The maximum atomic E-state index is 14.3. The van der Waals surface area contributed by atoms with Gasteiger partial charge in [-0.05, 0) is 127 Å². The average molecular weight is 728 g/mol. The van der Waals surface area contributed by atoms with Gasteiger partial charge in [-0.1, -0.05) is 19.8 Å². The molecule has 0 unspecified atom stereocenters. The van der Waals surface area contributed by atoms with E-state index in [4.69, 9.17) is 18.6 Å². The van der Waals surface area contributed by atoms with Crippen molar-refractivity contribution >= 4 is 40.5 Å². The van der Waals surface area contributed by atoms with E-state index in [1.54, 1.807) is 57.0 Å². The number of halogens is 1. The Hall–Kier alpha value is -3.67. The maximum absolute atomic E-state index is 14.3. The molecule has 52 heavy (non-hydrogen) atoms. The third kappa shape index (κ3) is 10.0. The van der Waals surface area contributed by atoms with E-state index in [9.17, 15) is 23.6 Å². The van der Waals surface area contributed by atoms with Crippen LogP contribution in [0.15, 0.2) is 28.7 Å². The predicted octanol–water partition coefficient (Wildman–Crippen LogP) is 7.81. The van der Waals surface area contributed by atoms with Gasteiger partial charge in [0.2, 0.25) is 17.6 Å². The summed E-state index contributed by atoms with van der Waals surface area (Å²) in [4.78, 5) is 55.2. The number of benzene rings is 1. The number of furan rings is 1. The summed E-state index contributed by atoms with van der Waals surface area (Å²) < 4.78 is 36.2. The van der Waals surface area contributed by atoms with E-state index >= 15 is 0 Å². The lowest BCUT2D eigenvalue weighted by molar-refractivity contribution is -0.142. The van der Waals surface area contributed by atoms with Gasteiger partial charge in [0.25, 0.3) is 0 Å². The molecule has 0 spiro atoms. The summed E-state index contributed by atoms with van der Waals surface area (Å²) >= 11 is 0. The van der Waals surface area contributed by atoms with E-state index < -0.39 is 36.4 Å². The number of amides is 3. The van der Waals surface area contributed by atoms with E-state index in [0.717, 1.165) is 51.4 Å². The number of methoxy groups -OCH3 is 1. The van der Waals surface area contributed by atoms with Crippen LogP contribution in [-0.2, 0) is 23.8 Å². The normalized spacial score (nSPS) is 25.8. The summed E-state index contributed by atoms with van der Waals surface area (Å²) in [6, 6.07) is 5.56. The summed E-state index contributed by atoms with van der Waals surface area (Å²) in [5.74, 6) is -0.740. The number of nitrogens with zero attached hydrogens (tertiary/aromatic N) is 1. The third-order valence-corrected chi connectivity index (χ3v) is 11.2. The third-order valence-electron chi connectivity index (χ3n) is 11.2. The second kappa shape index (κ2) is 17.9. The first-order valence-electron chi connectivity index (χ1n) is 19.3. The molecule has 2 heterocycles. The standard InChI is InChI=1S/C40H58FN3O8/c1-6-7-8-21-50-38(47)34-23-28-22-29(15-18-33(28)51-34)42-36(45)35-31(25-13-16-30(49-5)17-14-25)19-20-44(35)37(46)27-11-9-26(10-12-27)32(24-41)43-39(48)52-40(2,3)4/h15,18,22-23,25-27,30-32,35H,6-14,16-17,19-21,24H2,1-5H3,(H,42,45)(H,43,48)/t25?,26?,27?,30?,31-,32+,35-/m0/s1. The van der Waals surface area contributed by atoms with Crippen LogP contribution >= 0.6 is 0 Å². The number of ether oxygens (including phenoxy) is 3. The van der Waals surface area contributed by atoms with Crippen LogP contribution in [0.1, 0.15) is 115 Å². The van der Waals surface area contributed by atoms with Gasteiger partial charge in [0.15, 0.2) is 0 Å². The molecule has 12 heteroatoms. The molecule has 1 aromatic carbocycles. The minimum Gasteiger partial charge on any atom is -0.460 e. The molecule has 2 N–H and O–H groups in total. The Morgan fingerprint density at radius 3 is 2.37 bits per heavy atom. The van der Waals surface area contributed by atoms with Crippen LogP contribution in [0.4, 0.5) is 14.9 Å². The van der Waals surface area contributed by atoms with Gasteiger partial charge < -0.3 is 34.2 Å². The van der Waals surface area contributed by atoms with Crippen molar-refractivity contribution in [2.45, 2.75) is 129 Å². The zero-order valence-electron chi connectivity index (χ0n) is 31.5. The molecule has 288 valence electrons. The lowest BCUT2D eigenvalue weighted by Crippen LogP contribution is -2.50. The second-order valence-corrected chi connectivity index (χ2v) is 15.9. The van der Waals surface area contributed by atoms with E-state index in [-0.39, 0.29) is 41.4 Å². The van der Waals surface area contributed by atoms with E-state index in [0.29, 0.717) is 61.4 Å². The number of hydrogen-bond acceptors (Lipinski definition) is 8. The number of likely N-dealkylation sites (tertiary alicyclic amines) is 1. The van der Waals surface area contributed by atoms with Crippen molar-refractivity contribution in [3.05, 3.63) is 30.0 Å². The highest BCUT2D eigenvalue weighted by atomic mass is 19.1. The summed E-state index contributed by atoms with van der Waals surface area (Å²) in [6.45, 7) is 7.50. The molecule has 11 nitrogen and oxygen atoms in total. The number of alkyl carbamates (subject to hydrolysis) is 1. The molecule has 2 aliphatic carbocycles. The first-order valence-corrected chi connectivity index (χ1v) is 19.3. The van der Waals surface area contributed by atoms with Crippen molar-refractivity contribution in [1.82, 2.24) is 10.2 Å². The Kier molecular flexibility index (Phi) is 13.6. The Morgan fingerprint density at radius 2 is 1.71 bits per heavy atom. The molecule has 5 rings (SSSR count). The molecule has 3 amide bonds. The fourth-order valence-electron chi connectivity index (χ4n) is 8.42. The smallest absolute Gasteiger partial charge is 0.407 e. The van der Waals surface area contributed by atoms with Gasteiger partial charge >= 0.3 is 12.1 Å². The van der Waals surface area contributed by atoms with Crippen molar-refractivity contribution < 1.29 is 42.2 Å². The first kappa shape index (κ1) is 39.5. The minimum atomic E-state index is -0.709. The molecule has 1 aliphatic heterocycles. The monoisotopic (exact) mass is 727 g/mol. The number of anilines is 1. The number of nitrogens with one attached hydrogen (secondary N) is 2. The van der Waals surface area contributed by atoms with Crippen LogP contribution in [0.3, 0.4) is 0 Å². The Labute approximate surface area is 307 Å². The van der Waals surface area contributed by atoms with Gasteiger partial charge in [0, 0.05) is 30.6 Å². The molecule has 0 radical (unpaired) electrons. The molecule has 1 saturated heterocycles. The summed E-state index contributed by atoms with van der Waals surface area (Å²) in [6.07, 6.45) is 9.16. The zero-order chi connectivity index (χ0) is 37.4. The zero-order valence-corrected chi connectivity index (χ0v) is 31.5. The van der Waals surface area contributed by atoms with Crippen LogP contribution in [0.5, 0.6) is 0 Å². The van der Waals surface area contributed by atoms with E-state index in [1.807, 2.05) is 0 Å². The van der Waals surface area contributed by atoms with Crippen LogP contribution < -0.4 is 10.6 Å². The SMILES string of the molecule is CCCCCOC(=O)c1cc2cc(NC(=O)[C@@H]3[C@H](C4CCC(OC)CC4)CCN3C(=O)C3CCC([C@@H](CF)NC(=O)OC(C)(C)C)CC3)ccc2o1. The van der Waals surface area contributed by atoms with E-state index in [1.165, 1.54) is 0 Å². The predicted molar refractivity (Wildman–Crippen MR) is 196 cm³/mol. The van der Waals surface area contributed by atoms with Crippen LogP contribution in [0, 0.1) is 23.7 Å². The maximum Gasteiger partial charge on any atom is 0.407 e. The number of unbranched alkanes of at least 4 members (excludes halogenated alkanes) is 2. The Balaban J connectivity index is 1.27. The van der Waals surface area contributed by atoms with Crippen molar-refractivity contribution in [3.8, 4) is 0 Å². The lowest BCUT2D eigenvalue weighted by Gasteiger charge is -2.38. The number of carbonyl (C=O) groups excluding carboxylic acids is 4. The quantitative estimate of drug-likeness (QED) is 0.158.